The van der Waals surface area contributed by atoms with E-state index in [0.29, 0.717) is 11.4 Å². The second kappa shape index (κ2) is 6.76. The first-order valence-corrected chi connectivity index (χ1v) is 10.6. The van der Waals surface area contributed by atoms with Crippen molar-refractivity contribution in [2.75, 3.05) is 16.8 Å². The van der Waals surface area contributed by atoms with Crippen LogP contribution in [0.3, 0.4) is 0 Å². The number of carbonyl (C=O) groups is 2. The van der Waals surface area contributed by atoms with Crippen LogP contribution >= 0.6 is 11.8 Å². The van der Waals surface area contributed by atoms with Gasteiger partial charge in [0.2, 0.25) is 11.8 Å². The molecule has 24 heavy (non-hydrogen) atoms. The number of amides is 2. The van der Waals surface area contributed by atoms with Crippen molar-refractivity contribution in [2.45, 2.75) is 42.0 Å². The normalized spacial score (nSPS) is 20.7. The number of hydrogen-bond donors (Lipinski definition) is 2. The minimum Gasteiger partial charge on any atom is -0.353 e. The fourth-order valence-electron chi connectivity index (χ4n) is 2.34. The highest BCUT2D eigenvalue weighted by Gasteiger charge is 2.25. The Bertz CT molecular complexity index is 772. The smallest absolute Gasteiger partial charge is 0.228 e. The van der Waals surface area contributed by atoms with Gasteiger partial charge in [0.1, 0.15) is 0 Å². The third-order valence-corrected chi connectivity index (χ3v) is 7.09. The number of sulfone groups is 1. The predicted octanol–water partition coefficient (Wildman–Crippen LogP) is 1.81. The van der Waals surface area contributed by atoms with Crippen molar-refractivity contribution in [3.8, 4) is 0 Å². The Labute approximate surface area is 145 Å². The number of carbonyl (C=O) groups excluding carboxylic acids is 2. The second-order valence-corrected chi connectivity index (χ2v) is 9.44. The molecule has 1 fully saturated rings. The number of nitrogens with one attached hydrogen (secondary N) is 2. The lowest BCUT2D eigenvalue weighted by Crippen LogP contribution is -2.27. The van der Waals surface area contributed by atoms with E-state index in [9.17, 15) is 18.0 Å². The number of anilines is 1. The van der Waals surface area contributed by atoms with Crippen molar-refractivity contribution >= 4 is 39.1 Å². The summed E-state index contributed by atoms with van der Waals surface area (Å²) < 4.78 is 24.9. The summed E-state index contributed by atoms with van der Waals surface area (Å²) in [6.07, 6.45) is 1.90. The molecule has 2 N–H and O–H groups in total. The molecule has 1 aromatic rings. The van der Waals surface area contributed by atoms with Crippen LogP contribution in [0.2, 0.25) is 0 Å². The van der Waals surface area contributed by atoms with Crippen molar-refractivity contribution in [3.63, 3.8) is 0 Å². The highest BCUT2D eigenvalue weighted by Crippen LogP contribution is 2.34. The molecule has 0 saturated heterocycles. The Morgan fingerprint density at radius 3 is 2.83 bits per heavy atom. The van der Waals surface area contributed by atoms with E-state index in [0.717, 1.165) is 17.7 Å². The Morgan fingerprint density at radius 1 is 1.38 bits per heavy atom. The van der Waals surface area contributed by atoms with E-state index in [-0.39, 0.29) is 40.8 Å². The van der Waals surface area contributed by atoms with Gasteiger partial charge in [-0.2, -0.15) is 0 Å². The monoisotopic (exact) mass is 368 g/mol. The molecule has 1 aromatic carbocycles. The average molecular weight is 368 g/mol. The number of benzene rings is 1. The van der Waals surface area contributed by atoms with Gasteiger partial charge >= 0.3 is 0 Å². The lowest BCUT2D eigenvalue weighted by Gasteiger charge is -2.10. The minimum atomic E-state index is -3.57. The van der Waals surface area contributed by atoms with E-state index < -0.39 is 9.84 Å². The van der Waals surface area contributed by atoms with Crippen LogP contribution in [0.1, 0.15) is 26.2 Å². The van der Waals surface area contributed by atoms with Gasteiger partial charge in [-0.05, 0) is 31.0 Å². The maximum atomic E-state index is 12.5. The summed E-state index contributed by atoms with van der Waals surface area (Å²) in [7, 11) is -3.57. The highest BCUT2D eigenvalue weighted by atomic mass is 32.2. The number of thioether (sulfide) groups is 1. The SMILES string of the molecule is C[C@@H]1CSc2ccc(S(=O)(=O)CCC(=O)NC3CC3)cc2NC1=O. The summed E-state index contributed by atoms with van der Waals surface area (Å²) in [5.41, 5.74) is 0.526. The Hall–Kier alpha value is -1.54. The molecule has 0 bridgehead atoms. The molecule has 1 atom stereocenters. The van der Waals surface area contributed by atoms with Gasteiger partial charge in [-0.1, -0.05) is 6.92 Å². The molecule has 1 aliphatic carbocycles. The molecule has 130 valence electrons. The van der Waals surface area contributed by atoms with Crippen LogP contribution in [-0.4, -0.2) is 37.8 Å². The Morgan fingerprint density at radius 2 is 2.12 bits per heavy atom. The first-order valence-electron chi connectivity index (χ1n) is 7.95. The standard InChI is InChI=1S/C16H20N2O4S2/c1-10-9-23-14-5-4-12(8-13(14)18-16(10)20)24(21,22)7-6-15(19)17-11-2-3-11/h4-5,8,10-11H,2-3,6-7,9H2,1H3,(H,17,19)(H,18,20)/t10-/m1/s1. The third-order valence-electron chi connectivity index (χ3n) is 4.04. The fourth-order valence-corrected chi connectivity index (χ4v) is 4.62. The van der Waals surface area contributed by atoms with Gasteiger partial charge in [-0.3, -0.25) is 9.59 Å². The maximum Gasteiger partial charge on any atom is 0.228 e. The van der Waals surface area contributed by atoms with Crippen molar-refractivity contribution in [3.05, 3.63) is 18.2 Å². The zero-order valence-electron chi connectivity index (χ0n) is 13.4. The largest absolute Gasteiger partial charge is 0.353 e. The van der Waals surface area contributed by atoms with Crippen LogP contribution in [0.25, 0.3) is 0 Å². The lowest BCUT2D eigenvalue weighted by molar-refractivity contribution is -0.121. The number of hydrogen-bond acceptors (Lipinski definition) is 5. The molecule has 1 saturated carbocycles. The van der Waals surface area contributed by atoms with Crippen molar-refractivity contribution < 1.29 is 18.0 Å². The fraction of sp³-hybridized carbons (Fsp3) is 0.500. The molecule has 6 nitrogen and oxygen atoms in total. The molecular formula is C16H20N2O4S2. The third kappa shape index (κ3) is 4.10. The van der Waals surface area contributed by atoms with Crippen molar-refractivity contribution in [2.24, 2.45) is 5.92 Å². The van der Waals surface area contributed by atoms with E-state index >= 15 is 0 Å². The summed E-state index contributed by atoms with van der Waals surface area (Å²) in [5, 5.41) is 5.56. The first kappa shape index (κ1) is 17.3. The highest BCUT2D eigenvalue weighted by molar-refractivity contribution is 7.99. The van der Waals surface area contributed by atoms with Crippen LogP contribution in [0.5, 0.6) is 0 Å². The molecule has 3 rings (SSSR count). The Kier molecular flexibility index (Phi) is 4.87. The van der Waals surface area contributed by atoms with Gasteiger partial charge in [-0.15, -0.1) is 11.8 Å². The van der Waals surface area contributed by atoms with E-state index in [1.165, 1.54) is 17.8 Å². The van der Waals surface area contributed by atoms with Gasteiger partial charge in [0, 0.05) is 29.0 Å². The summed E-state index contributed by atoms with van der Waals surface area (Å²) in [6.45, 7) is 1.84. The summed E-state index contributed by atoms with van der Waals surface area (Å²) >= 11 is 1.53. The zero-order chi connectivity index (χ0) is 17.3. The average Bonchev–Trinajstić information content (AvgIpc) is 3.35. The summed E-state index contributed by atoms with van der Waals surface area (Å²) in [4.78, 5) is 24.6. The summed E-state index contributed by atoms with van der Waals surface area (Å²) in [6, 6.07) is 4.98. The van der Waals surface area contributed by atoms with E-state index in [1.54, 1.807) is 12.1 Å². The second-order valence-electron chi connectivity index (χ2n) is 6.27. The zero-order valence-corrected chi connectivity index (χ0v) is 15.0. The van der Waals surface area contributed by atoms with Gasteiger partial charge in [-0.25, -0.2) is 8.42 Å². The molecule has 8 heteroatoms. The molecule has 0 aromatic heterocycles. The molecule has 1 heterocycles. The molecule has 2 aliphatic rings. The molecule has 0 radical (unpaired) electrons. The van der Waals surface area contributed by atoms with Crippen LogP contribution < -0.4 is 10.6 Å². The molecular weight excluding hydrogens is 348 g/mol. The van der Waals surface area contributed by atoms with E-state index in [4.69, 9.17) is 0 Å². The minimum absolute atomic E-state index is 0.0476. The molecule has 0 spiro atoms. The lowest BCUT2D eigenvalue weighted by atomic mass is 10.2. The first-order chi connectivity index (χ1) is 11.3. The van der Waals surface area contributed by atoms with E-state index in [1.807, 2.05) is 6.92 Å². The summed E-state index contributed by atoms with van der Waals surface area (Å²) in [5.74, 6) is -0.0459. The van der Waals surface area contributed by atoms with Crippen molar-refractivity contribution in [1.29, 1.82) is 0 Å². The van der Waals surface area contributed by atoms with Crippen LogP contribution in [0.15, 0.2) is 28.0 Å². The quantitative estimate of drug-likeness (QED) is 0.827. The topological polar surface area (TPSA) is 92.3 Å². The molecule has 2 amide bonds. The Balaban J connectivity index is 1.72. The van der Waals surface area contributed by atoms with Gasteiger partial charge < -0.3 is 10.6 Å². The number of rotatable bonds is 5. The van der Waals surface area contributed by atoms with Crippen LogP contribution in [0, 0.1) is 5.92 Å². The number of fused-ring (bicyclic) bond motifs is 1. The van der Waals surface area contributed by atoms with Gasteiger partial charge in [0.25, 0.3) is 0 Å². The maximum absolute atomic E-state index is 12.5. The predicted molar refractivity (Wildman–Crippen MR) is 92.8 cm³/mol. The van der Waals surface area contributed by atoms with Gasteiger partial charge in [0.05, 0.1) is 16.3 Å². The van der Waals surface area contributed by atoms with Gasteiger partial charge in [0.15, 0.2) is 9.84 Å². The van der Waals surface area contributed by atoms with E-state index in [2.05, 4.69) is 10.6 Å². The molecule has 1 aliphatic heterocycles. The van der Waals surface area contributed by atoms with Crippen LogP contribution in [-0.2, 0) is 19.4 Å². The van der Waals surface area contributed by atoms with Crippen molar-refractivity contribution in [1.82, 2.24) is 5.32 Å². The molecule has 0 unspecified atom stereocenters. The van der Waals surface area contributed by atoms with Crippen LogP contribution in [0.4, 0.5) is 5.69 Å².